The van der Waals surface area contributed by atoms with Gasteiger partial charge in [-0.3, -0.25) is 9.36 Å². The molecule has 0 spiro atoms. The topological polar surface area (TPSA) is 72.7 Å². The molecule has 1 aliphatic rings. The van der Waals surface area contributed by atoms with E-state index >= 15 is 4.39 Å². The fourth-order valence-corrected chi connectivity index (χ4v) is 6.62. The molecule has 1 atom stereocenters. The van der Waals surface area contributed by atoms with Crippen LogP contribution < -0.4 is 20.3 Å². The molecule has 0 radical (unpaired) electrons. The summed E-state index contributed by atoms with van der Waals surface area (Å²) in [6.07, 6.45) is -0.102. The van der Waals surface area contributed by atoms with E-state index in [1.807, 2.05) is 0 Å². The van der Waals surface area contributed by atoms with E-state index in [9.17, 15) is 18.7 Å². The van der Waals surface area contributed by atoms with Gasteiger partial charge in [-0.05, 0) is 53.9 Å². The van der Waals surface area contributed by atoms with Gasteiger partial charge in [0.05, 0.1) is 30.9 Å². The number of halogens is 3. The Labute approximate surface area is 239 Å². The van der Waals surface area contributed by atoms with E-state index < -0.39 is 23.0 Å². The van der Waals surface area contributed by atoms with E-state index in [1.165, 1.54) is 62.4 Å². The van der Waals surface area contributed by atoms with E-state index in [2.05, 4.69) is 5.32 Å². The van der Waals surface area contributed by atoms with Crippen LogP contribution in [-0.4, -0.2) is 36.2 Å². The molecule has 2 heterocycles. The molecule has 3 aromatic carbocycles. The number of rotatable bonds is 9. The molecule has 0 bridgehead atoms. The number of pyridine rings is 1. The lowest BCUT2D eigenvalue weighted by molar-refractivity contribution is 0.387. The maximum atomic E-state index is 15.5. The minimum atomic E-state index is -0.689. The number of phenolic OH excluding ortho intramolecular Hbond substituents is 1. The summed E-state index contributed by atoms with van der Waals surface area (Å²) in [5, 5.41) is 13.9. The molecule has 5 rings (SSSR count). The first-order valence-electron chi connectivity index (χ1n) is 13.0. The highest BCUT2D eigenvalue weighted by Crippen LogP contribution is 2.40. The molecule has 0 fully saturated rings. The largest absolute Gasteiger partial charge is 0.508 e. The van der Waals surface area contributed by atoms with Gasteiger partial charge in [0, 0.05) is 42.5 Å². The lowest BCUT2D eigenvalue weighted by Gasteiger charge is -2.21. The number of nitrogens with one attached hydrogen (secondary N) is 1. The quantitative estimate of drug-likeness (QED) is 0.253. The van der Waals surface area contributed by atoms with Crippen molar-refractivity contribution in [1.82, 2.24) is 9.88 Å². The van der Waals surface area contributed by atoms with Gasteiger partial charge in [-0.2, -0.15) is 0 Å². The van der Waals surface area contributed by atoms with Gasteiger partial charge in [0.25, 0.3) is 5.56 Å². The maximum absolute atomic E-state index is 15.5. The van der Waals surface area contributed by atoms with E-state index in [-0.39, 0.29) is 40.7 Å². The van der Waals surface area contributed by atoms with Crippen LogP contribution in [-0.2, 0) is 13.0 Å². The highest BCUT2D eigenvalue weighted by Gasteiger charge is 2.32. The number of methoxy groups -OCH3 is 2. The van der Waals surface area contributed by atoms with E-state index in [0.717, 1.165) is 5.56 Å². The number of hydrogen-bond donors (Lipinski definition) is 2. The lowest BCUT2D eigenvalue weighted by Crippen LogP contribution is -2.33. The standard InChI is InChI=1S/C31H29F3N2O4S/c1-17-23(13-24-25(32)7-5-8-26(24)33)31-36(30(38)28(17)22-6-4-9-27(40-3)29(22)34)19(16-41-31)15-35-14-18-10-20(37)12-21(11-18)39-2/h4-12,19,35,37H,13-16H2,1-3H3. The first-order chi connectivity index (χ1) is 19.7. The summed E-state index contributed by atoms with van der Waals surface area (Å²) in [7, 11) is 2.86. The molecular weight excluding hydrogens is 553 g/mol. The number of fused-ring (bicyclic) bond motifs is 1. The SMILES string of the molecule is COc1cc(O)cc(CNCC2CSc3c(Cc4c(F)cccc4F)c(C)c(-c4cccc(OC)c4F)c(=O)n32)c1. The molecule has 4 aromatic rings. The maximum Gasteiger partial charge on any atom is 0.260 e. The number of aromatic nitrogens is 1. The number of phenols is 1. The molecule has 1 aliphatic heterocycles. The second-order valence-electron chi connectivity index (χ2n) is 9.79. The number of aromatic hydroxyl groups is 1. The first kappa shape index (κ1) is 28.6. The van der Waals surface area contributed by atoms with Crippen molar-refractivity contribution in [1.29, 1.82) is 0 Å². The zero-order valence-electron chi connectivity index (χ0n) is 22.8. The van der Waals surface area contributed by atoms with Crippen LogP contribution in [0.5, 0.6) is 17.2 Å². The van der Waals surface area contributed by atoms with Crippen molar-refractivity contribution in [2.45, 2.75) is 31.0 Å². The van der Waals surface area contributed by atoms with Crippen LogP contribution in [0.3, 0.4) is 0 Å². The van der Waals surface area contributed by atoms with Crippen LogP contribution >= 0.6 is 11.8 Å². The average Bonchev–Trinajstić information content (AvgIpc) is 3.37. The fraction of sp³-hybridized carbons (Fsp3) is 0.258. The molecule has 6 nitrogen and oxygen atoms in total. The van der Waals surface area contributed by atoms with E-state index in [1.54, 1.807) is 29.7 Å². The summed E-state index contributed by atoms with van der Waals surface area (Å²) >= 11 is 1.43. The molecule has 41 heavy (non-hydrogen) atoms. The third-order valence-electron chi connectivity index (χ3n) is 7.28. The molecule has 2 N–H and O–H groups in total. The Morgan fingerprint density at radius 2 is 1.76 bits per heavy atom. The third-order valence-corrected chi connectivity index (χ3v) is 8.55. The van der Waals surface area contributed by atoms with Crippen LogP contribution in [0.25, 0.3) is 11.1 Å². The van der Waals surface area contributed by atoms with Crippen molar-refractivity contribution >= 4 is 11.8 Å². The van der Waals surface area contributed by atoms with Gasteiger partial charge >= 0.3 is 0 Å². The molecule has 0 saturated heterocycles. The van der Waals surface area contributed by atoms with Crippen molar-refractivity contribution in [2.24, 2.45) is 0 Å². The molecule has 0 saturated carbocycles. The third kappa shape index (κ3) is 5.54. The normalized spacial score (nSPS) is 14.2. The molecule has 1 aromatic heterocycles. The average molecular weight is 583 g/mol. The van der Waals surface area contributed by atoms with Gasteiger partial charge in [0.2, 0.25) is 0 Å². The zero-order valence-corrected chi connectivity index (χ0v) is 23.6. The first-order valence-corrected chi connectivity index (χ1v) is 14.0. The smallest absolute Gasteiger partial charge is 0.260 e. The summed E-state index contributed by atoms with van der Waals surface area (Å²) in [5.74, 6) is -0.950. The Bertz CT molecular complexity index is 1650. The van der Waals surface area contributed by atoms with Crippen LogP contribution in [0.4, 0.5) is 13.2 Å². The van der Waals surface area contributed by atoms with Crippen LogP contribution in [0.1, 0.15) is 28.3 Å². The van der Waals surface area contributed by atoms with Gasteiger partial charge in [-0.25, -0.2) is 13.2 Å². The Morgan fingerprint density at radius 3 is 2.46 bits per heavy atom. The predicted molar refractivity (Wildman–Crippen MR) is 153 cm³/mol. The van der Waals surface area contributed by atoms with Gasteiger partial charge in [0.15, 0.2) is 11.6 Å². The minimum absolute atomic E-state index is 0.0115. The highest BCUT2D eigenvalue weighted by molar-refractivity contribution is 7.99. The van der Waals surface area contributed by atoms with E-state index in [4.69, 9.17) is 9.47 Å². The second-order valence-corrected chi connectivity index (χ2v) is 10.8. The van der Waals surface area contributed by atoms with Crippen molar-refractivity contribution in [3.63, 3.8) is 0 Å². The zero-order chi connectivity index (χ0) is 29.3. The highest BCUT2D eigenvalue weighted by atomic mass is 32.2. The van der Waals surface area contributed by atoms with E-state index in [0.29, 0.717) is 40.7 Å². The number of ether oxygens (including phenoxy) is 2. The molecule has 214 valence electrons. The summed E-state index contributed by atoms with van der Waals surface area (Å²) in [6, 6.07) is 12.9. The number of benzene rings is 3. The number of nitrogens with zero attached hydrogens (tertiary/aromatic N) is 1. The van der Waals surface area contributed by atoms with Crippen molar-refractivity contribution in [3.05, 3.63) is 105 Å². The van der Waals surface area contributed by atoms with Gasteiger partial charge in [-0.15, -0.1) is 11.8 Å². The van der Waals surface area contributed by atoms with Crippen molar-refractivity contribution in [2.75, 3.05) is 26.5 Å². The van der Waals surface area contributed by atoms with Gasteiger partial charge in [0.1, 0.15) is 23.1 Å². The summed E-state index contributed by atoms with van der Waals surface area (Å²) < 4.78 is 57.0. The van der Waals surface area contributed by atoms with Crippen molar-refractivity contribution in [3.8, 4) is 28.4 Å². The molecule has 1 unspecified atom stereocenters. The number of hydrogen-bond acceptors (Lipinski definition) is 6. The second kappa shape index (κ2) is 11.9. The Hall–Kier alpha value is -3.89. The summed E-state index contributed by atoms with van der Waals surface area (Å²) in [5.41, 5.74) is 1.50. The Balaban J connectivity index is 1.58. The van der Waals surface area contributed by atoms with Crippen molar-refractivity contribution < 1.29 is 27.8 Å². The Morgan fingerprint density at radius 1 is 1.02 bits per heavy atom. The summed E-state index contributed by atoms with van der Waals surface area (Å²) in [6.45, 7) is 2.47. The van der Waals surface area contributed by atoms with Crippen LogP contribution in [0.15, 0.2) is 64.4 Å². The number of thioether (sulfide) groups is 1. The fourth-order valence-electron chi connectivity index (χ4n) is 5.23. The monoisotopic (exact) mass is 582 g/mol. The minimum Gasteiger partial charge on any atom is -0.508 e. The Kier molecular flexibility index (Phi) is 8.32. The lowest BCUT2D eigenvalue weighted by atomic mass is 9.94. The molecule has 0 amide bonds. The molecular formula is C31H29F3N2O4S. The van der Waals surface area contributed by atoms with Crippen LogP contribution in [0, 0.1) is 24.4 Å². The summed E-state index contributed by atoms with van der Waals surface area (Å²) in [4.78, 5) is 14.1. The van der Waals surface area contributed by atoms with Gasteiger partial charge < -0.3 is 19.9 Å². The molecule has 10 heteroatoms. The predicted octanol–water partition coefficient (Wildman–Crippen LogP) is 5.99. The van der Waals surface area contributed by atoms with Gasteiger partial charge in [-0.1, -0.05) is 18.2 Å². The van der Waals surface area contributed by atoms with Crippen LogP contribution in [0.2, 0.25) is 0 Å². The molecule has 0 aliphatic carbocycles.